The zero-order chi connectivity index (χ0) is 38.2. The molecule has 2 atom stereocenters. The van der Waals surface area contributed by atoms with Crippen LogP contribution in [0, 0.1) is 22.7 Å². The molecule has 0 radical (unpaired) electrons. The number of amides is 3. The van der Waals surface area contributed by atoms with Crippen LogP contribution >= 0.6 is 23.1 Å². The van der Waals surface area contributed by atoms with E-state index in [4.69, 9.17) is 0 Å². The van der Waals surface area contributed by atoms with Crippen LogP contribution in [-0.4, -0.2) is 23.0 Å². The molecule has 7 nitrogen and oxygen atoms in total. The van der Waals surface area contributed by atoms with Crippen LogP contribution in [0.5, 0.6) is 0 Å². The highest BCUT2D eigenvalue weighted by Crippen LogP contribution is 2.44. The monoisotopic (exact) mass is 752 g/mol. The largest absolute Gasteiger partial charge is 0.321 e. The maximum absolute atomic E-state index is 13.8. The first-order chi connectivity index (χ1) is 26.0. The van der Waals surface area contributed by atoms with Gasteiger partial charge in [0.05, 0.1) is 10.8 Å². The first-order valence-electron chi connectivity index (χ1n) is 18.2. The Morgan fingerprint density at radius 2 is 1.59 bits per heavy atom. The highest BCUT2D eigenvalue weighted by molar-refractivity contribution is 8.00. The minimum Gasteiger partial charge on any atom is -0.321 e. The smallest absolute Gasteiger partial charge is 0.272 e. The second-order valence-electron chi connectivity index (χ2n) is 14.5. The van der Waals surface area contributed by atoms with Crippen molar-refractivity contribution in [3.05, 3.63) is 142 Å². The first kappa shape index (κ1) is 38.3. The molecular weight excluding hydrogens is 709 g/mol. The minimum atomic E-state index is -0.488. The number of nitrogens with one attached hydrogen (secondary N) is 3. The molecule has 1 aromatic heterocycles. The number of carbonyl (C=O) groups excluding carboxylic acids is 3. The van der Waals surface area contributed by atoms with Gasteiger partial charge in [0.25, 0.3) is 11.8 Å². The van der Waals surface area contributed by atoms with E-state index in [1.54, 1.807) is 36.4 Å². The fourth-order valence-corrected chi connectivity index (χ4v) is 8.86. The van der Waals surface area contributed by atoms with Crippen molar-refractivity contribution in [2.24, 2.45) is 11.3 Å². The molecular formula is C45H44N4O3S2. The molecule has 0 bridgehead atoms. The number of nitriles is 1. The molecule has 1 heterocycles. The highest BCUT2D eigenvalue weighted by Gasteiger charge is 2.33. The average molecular weight is 753 g/mol. The molecule has 0 aliphatic heterocycles. The predicted octanol–water partition coefficient (Wildman–Crippen LogP) is 10.4. The van der Waals surface area contributed by atoms with Gasteiger partial charge in [-0.3, -0.25) is 14.4 Å². The second kappa shape index (κ2) is 17.1. The number of nitrogens with zero attached hydrogens (tertiary/aromatic N) is 1. The van der Waals surface area contributed by atoms with Crippen molar-refractivity contribution in [2.45, 2.75) is 63.5 Å². The molecule has 1 aliphatic carbocycles. The summed E-state index contributed by atoms with van der Waals surface area (Å²) in [6.45, 7) is 8.75. The van der Waals surface area contributed by atoms with Crippen LogP contribution in [0.15, 0.2) is 120 Å². The lowest BCUT2D eigenvalue weighted by Crippen LogP contribution is -2.30. The summed E-state index contributed by atoms with van der Waals surface area (Å²) in [5.41, 5.74) is 5.75. The van der Waals surface area contributed by atoms with Crippen molar-refractivity contribution >= 4 is 57.6 Å². The van der Waals surface area contributed by atoms with Crippen molar-refractivity contribution < 1.29 is 14.4 Å². The van der Waals surface area contributed by atoms with Crippen molar-refractivity contribution in [3.63, 3.8) is 0 Å². The van der Waals surface area contributed by atoms with Gasteiger partial charge >= 0.3 is 0 Å². The Bertz CT molecular complexity index is 2200. The van der Waals surface area contributed by atoms with Gasteiger partial charge in [0, 0.05) is 21.0 Å². The van der Waals surface area contributed by atoms with E-state index >= 15 is 0 Å². The van der Waals surface area contributed by atoms with Crippen molar-refractivity contribution in [2.75, 3.05) is 10.6 Å². The van der Waals surface area contributed by atoms with E-state index < -0.39 is 17.1 Å². The third-order valence-corrected chi connectivity index (χ3v) is 12.3. The van der Waals surface area contributed by atoms with Crippen LogP contribution < -0.4 is 16.0 Å². The number of rotatable bonds is 11. The van der Waals surface area contributed by atoms with Gasteiger partial charge in [-0.1, -0.05) is 107 Å². The molecule has 54 heavy (non-hydrogen) atoms. The molecule has 5 aromatic rings. The van der Waals surface area contributed by atoms with Gasteiger partial charge in [0.1, 0.15) is 16.8 Å². The van der Waals surface area contributed by atoms with E-state index in [2.05, 4.69) is 42.8 Å². The van der Waals surface area contributed by atoms with Gasteiger partial charge in [-0.25, -0.2) is 0 Å². The molecule has 0 spiro atoms. The SMILES string of the molecule is CCC(Sc1cccc(NC(=O)/C(=C\c2ccc(-c3ccccc3)cc2)NC(=O)c2ccccc2)c1)C(=O)Nc1sc2c(c1C#N)CCC(C(C)(C)C)C2. The quantitative estimate of drug-likeness (QED) is 0.0919. The number of thioether (sulfide) groups is 1. The summed E-state index contributed by atoms with van der Waals surface area (Å²) in [7, 11) is 0. The average Bonchev–Trinajstić information content (AvgIpc) is 3.53. The number of hydrogen-bond donors (Lipinski definition) is 3. The molecule has 274 valence electrons. The third-order valence-electron chi connectivity index (χ3n) is 9.73. The Morgan fingerprint density at radius 3 is 2.26 bits per heavy atom. The summed E-state index contributed by atoms with van der Waals surface area (Å²) in [5.74, 6) is -0.521. The summed E-state index contributed by atoms with van der Waals surface area (Å²) < 4.78 is 0. The lowest BCUT2D eigenvalue weighted by atomic mass is 9.72. The van der Waals surface area contributed by atoms with Crippen LogP contribution in [-0.2, 0) is 22.4 Å². The van der Waals surface area contributed by atoms with E-state index in [0.29, 0.717) is 34.2 Å². The number of anilines is 2. The van der Waals surface area contributed by atoms with E-state index in [-0.39, 0.29) is 17.0 Å². The summed E-state index contributed by atoms with van der Waals surface area (Å²) in [6.07, 6.45) is 5.03. The lowest BCUT2D eigenvalue weighted by Gasteiger charge is -2.33. The van der Waals surface area contributed by atoms with Gasteiger partial charge in [-0.05, 0) is 95.7 Å². The normalized spacial score (nSPS) is 14.6. The molecule has 2 unspecified atom stereocenters. The molecule has 4 aromatic carbocycles. The predicted molar refractivity (Wildman–Crippen MR) is 221 cm³/mol. The summed E-state index contributed by atoms with van der Waals surface area (Å²) in [6, 6.07) is 36.2. The van der Waals surface area contributed by atoms with Crippen LogP contribution in [0.4, 0.5) is 10.7 Å². The van der Waals surface area contributed by atoms with E-state index in [9.17, 15) is 19.6 Å². The molecule has 0 saturated carbocycles. The topological polar surface area (TPSA) is 111 Å². The van der Waals surface area contributed by atoms with Gasteiger partial charge in [0.2, 0.25) is 5.91 Å². The van der Waals surface area contributed by atoms with Crippen LogP contribution in [0.25, 0.3) is 17.2 Å². The first-order valence-corrected chi connectivity index (χ1v) is 19.9. The Balaban J connectivity index is 1.17. The zero-order valence-electron chi connectivity index (χ0n) is 30.9. The van der Waals surface area contributed by atoms with E-state index in [0.717, 1.165) is 46.4 Å². The fourth-order valence-electron chi connectivity index (χ4n) is 6.57. The highest BCUT2D eigenvalue weighted by atomic mass is 32.2. The zero-order valence-corrected chi connectivity index (χ0v) is 32.6. The maximum Gasteiger partial charge on any atom is 0.272 e. The molecule has 9 heteroatoms. The Kier molecular flexibility index (Phi) is 12.2. The van der Waals surface area contributed by atoms with Crippen molar-refractivity contribution in [3.8, 4) is 17.2 Å². The molecule has 0 saturated heterocycles. The summed E-state index contributed by atoms with van der Waals surface area (Å²) in [4.78, 5) is 42.7. The molecule has 3 amide bonds. The van der Waals surface area contributed by atoms with Gasteiger partial charge in [0.15, 0.2) is 0 Å². The Morgan fingerprint density at radius 1 is 0.907 bits per heavy atom. The number of thiophene rings is 1. The lowest BCUT2D eigenvalue weighted by molar-refractivity contribution is -0.116. The van der Waals surface area contributed by atoms with Gasteiger partial charge in [-0.15, -0.1) is 23.1 Å². The van der Waals surface area contributed by atoms with Crippen LogP contribution in [0.2, 0.25) is 0 Å². The fraction of sp³-hybridized carbons (Fsp3) is 0.244. The van der Waals surface area contributed by atoms with Gasteiger partial charge < -0.3 is 16.0 Å². The van der Waals surface area contributed by atoms with E-state index in [1.165, 1.54) is 28.0 Å². The second-order valence-corrected chi connectivity index (χ2v) is 16.9. The summed E-state index contributed by atoms with van der Waals surface area (Å²) >= 11 is 2.94. The summed E-state index contributed by atoms with van der Waals surface area (Å²) in [5, 5.41) is 19.1. The number of hydrogen-bond acceptors (Lipinski definition) is 6. The molecule has 3 N–H and O–H groups in total. The van der Waals surface area contributed by atoms with Crippen LogP contribution in [0.1, 0.15) is 72.5 Å². The number of fused-ring (bicyclic) bond motifs is 1. The number of benzene rings is 4. The van der Waals surface area contributed by atoms with Crippen molar-refractivity contribution in [1.82, 2.24) is 5.32 Å². The third kappa shape index (κ3) is 9.37. The van der Waals surface area contributed by atoms with Crippen LogP contribution in [0.3, 0.4) is 0 Å². The molecule has 1 aliphatic rings. The molecule has 0 fully saturated rings. The Labute approximate surface area is 325 Å². The van der Waals surface area contributed by atoms with E-state index in [1.807, 2.05) is 85.8 Å². The Hall–Kier alpha value is -5.43. The number of carbonyl (C=O) groups is 3. The maximum atomic E-state index is 13.8. The standard InChI is InChI=1S/C45H44N4O3S2/c1-5-39(43(52)49-44-37(28-46)36-24-23-33(45(2,3)4)26-40(36)54-44)53-35-18-12-17-34(27-35)47-42(51)38(48-41(50)32-15-10-7-11-16-32)25-29-19-21-31(22-20-29)30-13-8-6-9-14-30/h6-22,25,27,33,39H,5,23-24,26H2,1-4H3,(H,47,51)(H,48,50)(H,49,52)/b38-25+. The van der Waals surface area contributed by atoms with Crippen molar-refractivity contribution in [1.29, 1.82) is 5.26 Å². The minimum absolute atomic E-state index is 0.0842. The van der Waals surface area contributed by atoms with Gasteiger partial charge in [-0.2, -0.15) is 5.26 Å². The molecule has 6 rings (SSSR count).